The molecule has 0 amide bonds. The van der Waals surface area contributed by atoms with Crippen molar-refractivity contribution in [1.29, 1.82) is 0 Å². The van der Waals surface area contributed by atoms with Gasteiger partial charge in [-0.2, -0.15) is 5.10 Å². The quantitative estimate of drug-likeness (QED) is 0.759. The Bertz CT molecular complexity index is 475. The summed E-state index contributed by atoms with van der Waals surface area (Å²) in [7, 11) is 0. The van der Waals surface area contributed by atoms with E-state index in [1.807, 2.05) is 25.3 Å². The Morgan fingerprint density at radius 3 is 3.13 bits per heavy atom. The van der Waals surface area contributed by atoms with Crippen LogP contribution in [-0.4, -0.2) is 20.4 Å². The highest BCUT2D eigenvalue weighted by atomic mass is 16.1. The first kappa shape index (κ1) is 9.83. The maximum atomic E-state index is 11.4. The van der Waals surface area contributed by atoms with E-state index in [4.69, 9.17) is 0 Å². The van der Waals surface area contributed by atoms with Crippen molar-refractivity contribution in [3.05, 3.63) is 30.2 Å². The number of carbonyl (C=O) groups excluding carboxylic acids is 1. The zero-order chi connectivity index (χ0) is 10.7. The molecule has 2 aromatic heterocycles. The SMILES string of the molecule is CCCC(=O)Cc1ccn2nccc2n1. The number of Topliss-reactive ketones (excluding diaryl/α,β-unsaturated/α-hetero) is 1. The van der Waals surface area contributed by atoms with Crippen molar-refractivity contribution in [2.75, 3.05) is 0 Å². The summed E-state index contributed by atoms with van der Waals surface area (Å²) < 4.78 is 1.69. The fraction of sp³-hybridized carbons (Fsp3) is 0.364. The Labute approximate surface area is 87.9 Å². The van der Waals surface area contributed by atoms with Crippen molar-refractivity contribution < 1.29 is 4.79 Å². The van der Waals surface area contributed by atoms with E-state index in [0.717, 1.165) is 17.8 Å². The number of nitrogens with zero attached hydrogens (tertiary/aromatic N) is 3. The van der Waals surface area contributed by atoms with Crippen LogP contribution in [0.4, 0.5) is 0 Å². The highest BCUT2D eigenvalue weighted by molar-refractivity contribution is 5.80. The number of hydrogen-bond acceptors (Lipinski definition) is 3. The van der Waals surface area contributed by atoms with Crippen molar-refractivity contribution >= 4 is 11.4 Å². The van der Waals surface area contributed by atoms with Gasteiger partial charge in [-0.3, -0.25) is 4.79 Å². The molecule has 78 valence electrons. The van der Waals surface area contributed by atoms with Crippen LogP contribution in [0.3, 0.4) is 0 Å². The van der Waals surface area contributed by atoms with Crippen molar-refractivity contribution in [3.63, 3.8) is 0 Å². The third-order valence-corrected chi connectivity index (χ3v) is 2.22. The monoisotopic (exact) mass is 203 g/mol. The lowest BCUT2D eigenvalue weighted by atomic mass is 10.1. The van der Waals surface area contributed by atoms with E-state index in [9.17, 15) is 4.79 Å². The minimum absolute atomic E-state index is 0.244. The summed E-state index contributed by atoms with van der Waals surface area (Å²) in [6, 6.07) is 3.67. The van der Waals surface area contributed by atoms with Gasteiger partial charge in [0.05, 0.1) is 11.9 Å². The highest BCUT2D eigenvalue weighted by Crippen LogP contribution is 2.04. The van der Waals surface area contributed by atoms with Crippen LogP contribution in [-0.2, 0) is 11.2 Å². The molecule has 0 aliphatic heterocycles. The minimum atomic E-state index is 0.244. The van der Waals surface area contributed by atoms with Gasteiger partial charge in [0.2, 0.25) is 0 Å². The number of hydrogen-bond donors (Lipinski definition) is 0. The molecular formula is C11H13N3O. The summed E-state index contributed by atoms with van der Waals surface area (Å²) in [5.41, 5.74) is 1.61. The van der Waals surface area contributed by atoms with Crippen molar-refractivity contribution in [2.24, 2.45) is 0 Å². The van der Waals surface area contributed by atoms with Crippen LogP contribution in [0.1, 0.15) is 25.5 Å². The maximum Gasteiger partial charge on any atom is 0.155 e. The molecule has 0 bridgehead atoms. The van der Waals surface area contributed by atoms with E-state index < -0.39 is 0 Å². The molecule has 0 fully saturated rings. The first-order chi connectivity index (χ1) is 7.29. The molecule has 0 spiro atoms. The lowest BCUT2D eigenvalue weighted by Crippen LogP contribution is -2.04. The van der Waals surface area contributed by atoms with Crippen LogP contribution in [0.5, 0.6) is 0 Å². The van der Waals surface area contributed by atoms with Gasteiger partial charge in [-0.1, -0.05) is 6.92 Å². The van der Waals surface area contributed by atoms with Gasteiger partial charge >= 0.3 is 0 Å². The third-order valence-electron chi connectivity index (χ3n) is 2.22. The molecule has 2 aromatic rings. The average molecular weight is 203 g/mol. The largest absolute Gasteiger partial charge is 0.299 e. The number of fused-ring (bicyclic) bond motifs is 1. The van der Waals surface area contributed by atoms with Crippen LogP contribution in [0.25, 0.3) is 5.65 Å². The minimum Gasteiger partial charge on any atom is -0.299 e. The van der Waals surface area contributed by atoms with E-state index >= 15 is 0 Å². The summed E-state index contributed by atoms with van der Waals surface area (Å²) in [5.74, 6) is 0.244. The maximum absolute atomic E-state index is 11.4. The molecule has 0 radical (unpaired) electrons. The molecule has 0 unspecified atom stereocenters. The van der Waals surface area contributed by atoms with Crippen LogP contribution in [0.15, 0.2) is 24.5 Å². The number of ketones is 1. The second-order valence-corrected chi connectivity index (χ2v) is 3.52. The molecule has 0 aromatic carbocycles. The zero-order valence-electron chi connectivity index (χ0n) is 8.68. The predicted octanol–water partition coefficient (Wildman–Crippen LogP) is 1.64. The van der Waals surface area contributed by atoms with Gasteiger partial charge in [-0.05, 0) is 12.5 Å². The van der Waals surface area contributed by atoms with Crippen molar-refractivity contribution in [1.82, 2.24) is 14.6 Å². The van der Waals surface area contributed by atoms with Crippen molar-refractivity contribution in [3.8, 4) is 0 Å². The second-order valence-electron chi connectivity index (χ2n) is 3.52. The number of rotatable bonds is 4. The summed E-state index contributed by atoms with van der Waals surface area (Å²) in [6.45, 7) is 2.01. The lowest BCUT2D eigenvalue weighted by molar-refractivity contribution is -0.118. The van der Waals surface area contributed by atoms with Gasteiger partial charge in [0.25, 0.3) is 0 Å². The molecule has 0 N–H and O–H groups in total. The summed E-state index contributed by atoms with van der Waals surface area (Å²) in [6.07, 6.45) is 5.48. The lowest BCUT2D eigenvalue weighted by Gasteiger charge is -1.99. The molecule has 0 aliphatic rings. The summed E-state index contributed by atoms with van der Waals surface area (Å²) in [5, 5.41) is 4.04. The van der Waals surface area contributed by atoms with E-state index in [1.165, 1.54) is 0 Å². The Morgan fingerprint density at radius 2 is 2.33 bits per heavy atom. The Morgan fingerprint density at radius 1 is 1.47 bits per heavy atom. The highest BCUT2D eigenvalue weighted by Gasteiger charge is 2.04. The Balaban J connectivity index is 2.17. The molecule has 15 heavy (non-hydrogen) atoms. The topological polar surface area (TPSA) is 47.3 Å². The summed E-state index contributed by atoms with van der Waals surface area (Å²) in [4.78, 5) is 15.8. The molecule has 0 atom stereocenters. The van der Waals surface area contributed by atoms with Gasteiger partial charge in [-0.25, -0.2) is 9.50 Å². The average Bonchev–Trinajstić information content (AvgIpc) is 2.65. The molecule has 0 saturated heterocycles. The van der Waals surface area contributed by atoms with Gasteiger partial charge in [0.1, 0.15) is 5.78 Å². The molecule has 4 nitrogen and oxygen atoms in total. The fourth-order valence-corrected chi connectivity index (χ4v) is 1.52. The Kier molecular flexibility index (Phi) is 2.76. The van der Waals surface area contributed by atoms with Crippen LogP contribution >= 0.6 is 0 Å². The normalized spacial score (nSPS) is 10.7. The molecule has 0 saturated carbocycles. The smallest absolute Gasteiger partial charge is 0.155 e. The number of aromatic nitrogens is 3. The fourth-order valence-electron chi connectivity index (χ4n) is 1.52. The van der Waals surface area contributed by atoms with Crippen LogP contribution in [0, 0.1) is 0 Å². The van der Waals surface area contributed by atoms with Crippen LogP contribution in [0.2, 0.25) is 0 Å². The van der Waals surface area contributed by atoms with E-state index in [1.54, 1.807) is 10.7 Å². The first-order valence-corrected chi connectivity index (χ1v) is 5.10. The van der Waals surface area contributed by atoms with E-state index in [-0.39, 0.29) is 5.78 Å². The third kappa shape index (κ3) is 2.21. The standard InChI is InChI=1S/C11H13N3O/c1-2-3-10(15)8-9-5-7-14-11(13-9)4-6-12-14/h4-7H,2-3,8H2,1H3. The molecule has 2 rings (SSSR count). The molecule has 2 heterocycles. The summed E-state index contributed by atoms with van der Waals surface area (Å²) >= 11 is 0. The van der Waals surface area contributed by atoms with Crippen LogP contribution < -0.4 is 0 Å². The molecule has 0 aliphatic carbocycles. The zero-order valence-corrected chi connectivity index (χ0v) is 8.68. The van der Waals surface area contributed by atoms with Gasteiger partial charge in [0.15, 0.2) is 5.65 Å². The molecule has 4 heteroatoms. The van der Waals surface area contributed by atoms with Gasteiger partial charge in [-0.15, -0.1) is 0 Å². The van der Waals surface area contributed by atoms with E-state index in [0.29, 0.717) is 12.8 Å². The van der Waals surface area contributed by atoms with Crippen molar-refractivity contribution in [2.45, 2.75) is 26.2 Å². The van der Waals surface area contributed by atoms with E-state index in [2.05, 4.69) is 10.1 Å². The second kappa shape index (κ2) is 4.21. The van der Waals surface area contributed by atoms with Gasteiger partial charge in [0, 0.05) is 25.1 Å². The number of carbonyl (C=O) groups is 1. The first-order valence-electron chi connectivity index (χ1n) is 5.10. The van der Waals surface area contributed by atoms with Gasteiger partial charge < -0.3 is 0 Å². The molecular weight excluding hydrogens is 190 g/mol. The Hall–Kier alpha value is -1.71. The predicted molar refractivity (Wildman–Crippen MR) is 56.6 cm³/mol.